The topological polar surface area (TPSA) is 86.1 Å². The Kier molecular flexibility index (Phi) is 3.08. The molecular formula is C13H16N4O2. The van der Waals surface area contributed by atoms with E-state index in [4.69, 9.17) is 10.3 Å². The molecule has 0 aliphatic heterocycles. The Labute approximate surface area is 110 Å². The van der Waals surface area contributed by atoms with E-state index in [-0.39, 0.29) is 5.91 Å². The number of nitrogens with zero attached hydrogens (tertiary/aromatic N) is 2. The number of nitrogens with one attached hydrogen (secondary N) is 1. The van der Waals surface area contributed by atoms with Gasteiger partial charge >= 0.3 is 0 Å². The number of aryl methyl sites for hydroxylation is 1. The van der Waals surface area contributed by atoms with E-state index in [1.54, 1.807) is 6.07 Å². The number of hydrogen-bond acceptors (Lipinski definition) is 4. The highest BCUT2D eigenvalue weighted by Crippen LogP contribution is 2.21. The summed E-state index contributed by atoms with van der Waals surface area (Å²) in [6.45, 7) is 0.597. The van der Waals surface area contributed by atoms with Gasteiger partial charge in [-0.3, -0.25) is 10.2 Å². The van der Waals surface area contributed by atoms with Crippen LogP contribution in [0.2, 0.25) is 0 Å². The van der Waals surface area contributed by atoms with Gasteiger partial charge in [-0.15, -0.1) is 0 Å². The first kappa shape index (κ1) is 12.0. The zero-order valence-corrected chi connectivity index (χ0v) is 10.6. The van der Waals surface area contributed by atoms with Gasteiger partial charge in [0.25, 0.3) is 5.91 Å². The molecule has 0 radical (unpaired) electrons. The van der Waals surface area contributed by atoms with Crippen LogP contribution in [-0.2, 0) is 19.4 Å². The van der Waals surface area contributed by atoms with Crippen molar-refractivity contribution in [2.75, 3.05) is 0 Å². The number of hydrogen-bond donors (Lipinski definition) is 2. The van der Waals surface area contributed by atoms with Crippen LogP contribution in [-0.4, -0.2) is 15.5 Å². The van der Waals surface area contributed by atoms with Gasteiger partial charge < -0.3 is 8.98 Å². The van der Waals surface area contributed by atoms with Gasteiger partial charge in [-0.05, 0) is 31.7 Å². The minimum absolute atomic E-state index is 0.345. The Balaban J connectivity index is 1.80. The molecule has 0 bridgehead atoms. The number of aromatic nitrogens is 2. The van der Waals surface area contributed by atoms with Crippen molar-refractivity contribution < 1.29 is 9.21 Å². The number of rotatable bonds is 3. The molecule has 2 aromatic heterocycles. The predicted molar refractivity (Wildman–Crippen MR) is 68.3 cm³/mol. The minimum atomic E-state index is -0.345. The standard InChI is InChI=1S/C13H16N4O2/c14-16-13(18)9-5-10(19-7-9)6-17-8-15-11-3-1-2-4-12(11)17/h5,7-8H,1-4,6,14H2,(H,16,18). The first-order valence-corrected chi connectivity index (χ1v) is 6.39. The normalized spacial score (nSPS) is 14.2. The Morgan fingerprint density at radius 3 is 3.16 bits per heavy atom. The first-order chi connectivity index (χ1) is 9.28. The van der Waals surface area contributed by atoms with E-state index < -0.39 is 0 Å². The SMILES string of the molecule is NNC(=O)c1coc(Cn2cnc3c2CCCC3)c1. The maximum atomic E-state index is 11.3. The summed E-state index contributed by atoms with van der Waals surface area (Å²) in [5.41, 5.74) is 5.00. The highest BCUT2D eigenvalue weighted by molar-refractivity contribution is 5.93. The van der Waals surface area contributed by atoms with Gasteiger partial charge in [-0.2, -0.15) is 0 Å². The third kappa shape index (κ3) is 2.26. The van der Waals surface area contributed by atoms with Gasteiger partial charge in [-0.25, -0.2) is 10.8 Å². The number of amides is 1. The van der Waals surface area contributed by atoms with Crippen LogP contribution in [0.4, 0.5) is 0 Å². The molecule has 0 saturated heterocycles. The van der Waals surface area contributed by atoms with Gasteiger partial charge in [0.2, 0.25) is 0 Å². The summed E-state index contributed by atoms with van der Waals surface area (Å²) in [5, 5.41) is 0. The number of carbonyl (C=O) groups excluding carboxylic acids is 1. The molecule has 0 spiro atoms. The van der Waals surface area contributed by atoms with Crippen molar-refractivity contribution in [2.24, 2.45) is 5.84 Å². The second-order valence-electron chi connectivity index (χ2n) is 4.75. The van der Waals surface area contributed by atoms with Crippen LogP contribution in [0.1, 0.15) is 40.3 Å². The molecule has 2 aromatic rings. The Morgan fingerprint density at radius 2 is 2.32 bits per heavy atom. The van der Waals surface area contributed by atoms with Crippen molar-refractivity contribution >= 4 is 5.91 Å². The zero-order chi connectivity index (χ0) is 13.2. The van der Waals surface area contributed by atoms with Crippen molar-refractivity contribution in [3.8, 4) is 0 Å². The van der Waals surface area contributed by atoms with E-state index in [0.29, 0.717) is 12.1 Å². The Bertz CT molecular complexity index is 600. The molecule has 3 rings (SSSR count). The van der Waals surface area contributed by atoms with Gasteiger partial charge in [0.05, 0.1) is 24.1 Å². The smallest absolute Gasteiger partial charge is 0.268 e. The summed E-state index contributed by atoms with van der Waals surface area (Å²) in [4.78, 5) is 15.8. The van der Waals surface area contributed by atoms with Crippen LogP contribution in [0.15, 0.2) is 23.1 Å². The number of hydrazine groups is 1. The average molecular weight is 260 g/mol. The summed E-state index contributed by atoms with van der Waals surface area (Å²) >= 11 is 0. The van der Waals surface area contributed by atoms with Crippen LogP contribution >= 0.6 is 0 Å². The van der Waals surface area contributed by atoms with Gasteiger partial charge in [-0.1, -0.05) is 0 Å². The van der Waals surface area contributed by atoms with E-state index in [0.717, 1.165) is 18.6 Å². The van der Waals surface area contributed by atoms with Gasteiger partial charge in [0, 0.05) is 5.69 Å². The van der Waals surface area contributed by atoms with Crippen molar-refractivity contribution in [3.63, 3.8) is 0 Å². The van der Waals surface area contributed by atoms with Crippen LogP contribution in [0, 0.1) is 0 Å². The molecule has 3 N–H and O–H groups in total. The summed E-state index contributed by atoms with van der Waals surface area (Å²) in [5.74, 6) is 5.47. The molecule has 1 amide bonds. The highest BCUT2D eigenvalue weighted by Gasteiger charge is 2.16. The Morgan fingerprint density at radius 1 is 1.47 bits per heavy atom. The van der Waals surface area contributed by atoms with Gasteiger partial charge in [0.1, 0.15) is 12.0 Å². The molecule has 6 heteroatoms. The third-order valence-corrected chi connectivity index (χ3v) is 3.48. The first-order valence-electron chi connectivity index (χ1n) is 6.39. The lowest BCUT2D eigenvalue weighted by molar-refractivity contribution is 0.0953. The van der Waals surface area contributed by atoms with Crippen LogP contribution in [0.25, 0.3) is 0 Å². The van der Waals surface area contributed by atoms with E-state index in [9.17, 15) is 4.79 Å². The lowest BCUT2D eigenvalue weighted by Gasteiger charge is -2.12. The molecule has 0 atom stereocenters. The predicted octanol–water partition coefficient (Wildman–Crippen LogP) is 1.01. The fourth-order valence-corrected chi connectivity index (χ4v) is 2.50. The fraction of sp³-hybridized carbons (Fsp3) is 0.385. The number of carbonyl (C=O) groups is 1. The molecule has 1 aliphatic rings. The summed E-state index contributed by atoms with van der Waals surface area (Å²) in [6.07, 6.45) is 7.80. The number of nitrogen functional groups attached to an aromatic ring is 1. The lowest BCUT2D eigenvalue weighted by Crippen LogP contribution is -2.29. The number of furan rings is 1. The fourth-order valence-electron chi connectivity index (χ4n) is 2.50. The molecule has 0 fully saturated rings. The second kappa shape index (κ2) is 4.89. The monoisotopic (exact) mass is 260 g/mol. The third-order valence-electron chi connectivity index (χ3n) is 3.48. The van der Waals surface area contributed by atoms with Gasteiger partial charge in [0.15, 0.2) is 0 Å². The molecule has 0 saturated carbocycles. The maximum Gasteiger partial charge on any atom is 0.268 e. The summed E-state index contributed by atoms with van der Waals surface area (Å²) < 4.78 is 7.48. The van der Waals surface area contributed by atoms with Crippen LogP contribution < -0.4 is 11.3 Å². The summed E-state index contributed by atoms with van der Waals surface area (Å²) in [7, 11) is 0. The van der Waals surface area contributed by atoms with E-state index in [1.807, 2.05) is 6.33 Å². The number of fused-ring (bicyclic) bond motifs is 1. The van der Waals surface area contributed by atoms with Crippen molar-refractivity contribution in [3.05, 3.63) is 41.4 Å². The molecule has 6 nitrogen and oxygen atoms in total. The quantitative estimate of drug-likeness (QED) is 0.490. The van der Waals surface area contributed by atoms with E-state index in [2.05, 4.69) is 15.0 Å². The van der Waals surface area contributed by atoms with Crippen LogP contribution in [0.3, 0.4) is 0 Å². The van der Waals surface area contributed by atoms with Crippen molar-refractivity contribution in [1.29, 1.82) is 0 Å². The molecule has 19 heavy (non-hydrogen) atoms. The highest BCUT2D eigenvalue weighted by atomic mass is 16.3. The molecular weight excluding hydrogens is 244 g/mol. The lowest BCUT2D eigenvalue weighted by atomic mass is 10.0. The van der Waals surface area contributed by atoms with E-state index >= 15 is 0 Å². The molecule has 0 unspecified atom stereocenters. The zero-order valence-electron chi connectivity index (χ0n) is 10.6. The molecule has 1 aliphatic carbocycles. The average Bonchev–Trinajstić information content (AvgIpc) is 3.06. The maximum absolute atomic E-state index is 11.3. The molecule has 2 heterocycles. The van der Waals surface area contributed by atoms with E-state index in [1.165, 1.54) is 30.5 Å². The molecule has 0 aromatic carbocycles. The largest absolute Gasteiger partial charge is 0.467 e. The number of imidazole rings is 1. The minimum Gasteiger partial charge on any atom is -0.467 e. The Hall–Kier alpha value is -2.08. The van der Waals surface area contributed by atoms with Crippen molar-refractivity contribution in [1.82, 2.24) is 15.0 Å². The second-order valence-corrected chi connectivity index (χ2v) is 4.75. The summed E-state index contributed by atoms with van der Waals surface area (Å²) in [6, 6.07) is 1.71. The van der Waals surface area contributed by atoms with Crippen LogP contribution in [0.5, 0.6) is 0 Å². The molecule has 100 valence electrons. The number of nitrogens with two attached hydrogens (primary N) is 1. The van der Waals surface area contributed by atoms with Crippen molar-refractivity contribution in [2.45, 2.75) is 32.2 Å².